The second-order valence-corrected chi connectivity index (χ2v) is 6.32. The van der Waals surface area contributed by atoms with Crippen molar-refractivity contribution in [1.29, 1.82) is 0 Å². The van der Waals surface area contributed by atoms with E-state index in [4.69, 9.17) is 9.15 Å². The molecule has 1 aromatic carbocycles. The fraction of sp³-hybridized carbons (Fsp3) is 0.500. The van der Waals surface area contributed by atoms with Crippen molar-refractivity contribution >= 4 is 16.8 Å². The number of benzene rings is 1. The molecule has 1 heterocycles. The van der Waals surface area contributed by atoms with Crippen LogP contribution in [0.25, 0.3) is 11.0 Å². The molecular formula is C18H25NO3. The smallest absolute Gasteiger partial charge is 0.200 e. The normalized spacial score (nSPS) is 13.0. The summed E-state index contributed by atoms with van der Waals surface area (Å²) in [5.41, 5.74) is 0.712. The van der Waals surface area contributed by atoms with Crippen LogP contribution < -0.4 is 10.1 Å². The molecule has 0 aliphatic rings. The molecule has 22 heavy (non-hydrogen) atoms. The molecule has 0 aliphatic carbocycles. The average molecular weight is 303 g/mol. The number of Topliss-reactive ketones (excluding diaryl/α,β-unsaturated/α-hetero) is 1. The van der Waals surface area contributed by atoms with Gasteiger partial charge in [-0.2, -0.15) is 0 Å². The first-order chi connectivity index (χ1) is 10.4. The molecule has 0 aliphatic heterocycles. The van der Waals surface area contributed by atoms with Crippen LogP contribution in [0.1, 0.15) is 45.2 Å². The van der Waals surface area contributed by atoms with Crippen LogP contribution in [0, 0.1) is 5.92 Å². The summed E-state index contributed by atoms with van der Waals surface area (Å²) in [6.07, 6.45) is 0.0727. The van der Waals surface area contributed by atoms with E-state index in [1.54, 1.807) is 6.07 Å². The van der Waals surface area contributed by atoms with Gasteiger partial charge in [0, 0.05) is 23.9 Å². The van der Waals surface area contributed by atoms with Gasteiger partial charge in [-0.15, -0.1) is 0 Å². The number of ketones is 1. The SMILES string of the molecule is CC(C)NC[C@@H](C)Oc1ccc2oc(C(=O)C(C)C)cc2c1. The van der Waals surface area contributed by atoms with E-state index in [0.29, 0.717) is 17.4 Å². The van der Waals surface area contributed by atoms with Crippen molar-refractivity contribution < 1.29 is 13.9 Å². The summed E-state index contributed by atoms with van der Waals surface area (Å²) in [5, 5.41) is 4.24. The van der Waals surface area contributed by atoms with Crippen LogP contribution in [0.3, 0.4) is 0 Å². The molecular weight excluding hydrogens is 278 g/mol. The van der Waals surface area contributed by atoms with Crippen LogP contribution in [-0.2, 0) is 0 Å². The number of rotatable bonds is 7. The van der Waals surface area contributed by atoms with Crippen molar-refractivity contribution in [3.05, 3.63) is 30.0 Å². The van der Waals surface area contributed by atoms with E-state index in [9.17, 15) is 4.79 Å². The average Bonchev–Trinajstić information content (AvgIpc) is 2.87. The first-order valence-electron chi connectivity index (χ1n) is 7.84. The number of fused-ring (bicyclic) bond motifs is 1. The second kappa shape index (κ2) is 6.97. The quantitative estimate of drug-likeness (QED) is 0.784. The standard InChI is InChI=1S/C18H25NO3/c1-11(2)18(20)17-9-14-8-15(6-7-16(14)22-17)21-13(5)10-19-12(3)4/h6-9,11-13,19H,10H2,1-5H3/t13-/m1/s1. The summed E-state index contributed by atoms with van der Waals surface area (Å²) in [7, 11) is 0. The highest BCUT2D eigenvalue weighted by molar-refractivity contribution is 5.98. The molecule has 0 fully saturated rings. The highest BCUT2D eigenvalue weighted by Crippen LogP contribution is 2.26. The summed E-state index contributed by atoms with van der Waals surface area (Å²) in [6.45, 7) is 10.8. The largest absolute Gasteiger partial charge is 0.489 e. The predicted octanol–water partition coefficient (Wildman–Crippen LogP) is 4.04. The van der Waals surface area contributed by atoms with Gasteiger partial charge in [-0.05, 0) is 31.2 Å². The summed E-state index contributed by atoms with van der Waals surface area (Å²) in [5.74, 6) is 1.15. The number of hydrogen-bond acceptors (Lipinski definition) is 4. The predicted molar refractivity (Wildman–Crippen MR) is 88.6 cm³/mol. The Morgan fingerprint density at radius 1 is 1.18 bits per heavy atom. The zero-order chi connectivity index (χ0) is 16.3. The number of carbonyl (C=O) groups excluding carboxylic acids is 1. The fourth-order valence-electron chi connectivity index (χ4n) is 2.18. The van der Waals surface area contributed by atoms with Gasteiger partial charge in [0.2, 0.25) is 5.78 Å². The molecule has 1 atom stereocenters. The Morgan fingerprint density at radius 2 is 1.91 bits per heavy atom. The van der Waals surface area contributed by atoms with Crippen LogP contribution in [0.15, 0.2) is 28.7 Å². The zero-order valence-corrected chi connectivity index (χ0v) is 14.0. The Hall–Kier alpha value is -1.81. The summed E-state index contributed by atoms with van der Waals surface area (Å²) in [4.78, 5) is 12.0. The maximum atomic E-state index is 12.0. The first-order valence-corrected chi connectivity index (χ1v) is 7.84. The van der Waals surface area contributed by atoms with Gasteiger partial charge < -0.3 is 14.5 Å². The van der Waals surface area contributed by atoms with Gasteiger partial charge >= 0.3 is 0 Å². The Bertz CT molecular complexity index is 643. The first kappa shape index (κ1) is 16.6. The molecule has 0 spiro atoms. The molecule has 120 valence electrons. The van der Waals surface area contributed by atoms with Gasteiger partial charge in [0.05, 0.1) is 0 Å². The lowest BCUT2D eigenvalue weighted by atomic mass is 10.1. The van der Waals surface area contributed by atoms with Crippen LogP contribution >= 0.6 is 0 Å². The van der Waals surface area contributed by atoms with Gasteiger partial charge in [-0.3, -0.25) is 4.79 Å². The number of carbonyl (C=O) groups is 1. The van der Waals surface area contributed by atoms with Gasteiger partial charge in [-0.25, -0.2) is 0 Å². The van der Waals surface area contributed by atoms with E-state index in [1.165, 1.54) is 0 Å². The van der Waals surface area contributed by atoms with Crippen LogP contribution in [0.2, 0.25) is 0 Å². The number of nitrogens with one attached hydrogen (secondary N) is 1. The molecule has 2 aromatic rings. The van der Waals surface area contributed by atoms with Crippen molar-refractivity contribution in [2.75, 3.05) is 6.54 Å². The second-order valence-electron chi connectivity index (χ2n) is 6.32. The molecule has 0 bridgehead atoms. The van der Waals surface area contributed by atoms with Crippen LogP contribution in [0.5, 0.6) is 5.75 Å². The van der Waals surface area contributed by atoms with Crippen molar-refractivity contribution in [1.82, 2.24) is 5.32 Å². The molecule has 1 N–H and O–H groups in total. The Morgan fingerprint density at radius 3 is 2.55 bits per heavy atom. The third kappa shape index (κ3) is 4.10. The third-order valence-electron chi connectivity index (χ3n) is 3.41. The molecule has 0 amide bonds. The highest BCUT2D eigenvalue weighted by atomic mass is 16.5. The lowest BCUT2D eigenvalue weighted by Crippen LogP contribution is -2.33. The maximum absolute atomic E-state index is 12.0. The van der Waals surface area contributed by atoms with E-state index in [0.717, 1.165) is 17.7 Å². The van der Waals surface area contributed by atoms with Crippen LogP contribution in [-0.4, -0.2) is 24.5 Å². The lowest BCUT2D eigenvalue weighted by molar-refractivity contribution is 0.0913. The number of furan rings is 1. The molecule has 4 nitrogen and oxygen atoms in total. The van der Waals surface area contributed by atoms with Gasteiger partial charge in [-0.1, -0.05) is 27.7 Å². The molecule has 2 rings (SSSR count). The minimum Gasteiger partial charge on any atom is -0.489 e. The molecule has 1 aromatic heterocycles. The molecule has 0 saturated heterocycles. The Labute approximate surface area is 131 Å². The molecule has 0 unspecified atom stereocenters. The lowest BCUT2D eigenvalue weighted by Gasteiger charge is -2.17. The molecule has 4 heteroatoms. The monoisotopic (exact) mass is 303 g/mol. The topological polar surface area (TPSA) is 51.5 Å². The summed E-state index contributed by atoms with van der Waals surface area (Å²) < 4.78 is 11.5. The van der Waals surface area contributed by atoms with Gasteiger partial charge in [0.15, 0.2) is 5.76 Å². The highest BCUT2D eigenvalue weighted by Gasteiger charge is 2.16. The van der Waals surface area contributed by atoms with E-state index < -0.39 is 0 Å². The minimum atomic E-state index is -0.0709. The van der Waals surface area contributed by atoms with Crippen molar-refractivity contribution in [3.63, 3.8) is 0 Å². The summed E-state index contributed by atoms with van der Waals surface area (Å²) >= 11 is 0. The number of ether oxygens (including phenoxy) is 1. The van der Waals surface area contributed by atoms with E-state index in [-0.39, 0.29) is 17.8 Å². The van der Waals surface area contributed by atoms with Crippen molar-refractivity contribution in [2.24, 2.45) is 5.92 Å². The Kier molecular flexibility index (Phi) is 5.24. The van der Waals surface area contributed by atoms with E-state index >= 15 is 0 Å². The molecule has 0 radical (unpaired) electrons. The van der Waals surface area contributed by atoms with Crippen molar-refractivity contribution in [2.45, 2.75) is 46.8 Å². The maximum Gasteiger partial charge on any atom is 0.200 e. The van der Waals surface area contributed by atoms with Gasteiger partial charge in [0.1, 0.15) is 17.4 Å². The zero-order valence-electron chi connectivity index (χ0n) is 14.0. The van der Waals surface area contributed by atoms with E-state index in [2.05, 4.69) is 19.2 Å². The Balaban J connectivity index is 2.11. The summed E-state index contributed by atoms with van der Waals surface area (Å²) in [6, 6.07) is 7.88. The minimum absolute atomic E-state index is 0.0215. The fourth-order valence-corrected chi connectivity index (χ4v) is 2.18. The third-order valence-corrected chi connectivity index (χ3v) is 3.41. The van der Waals surface area contributed by atoms with Crippen LogP contribution in [0.4, 0.5) is 0 Å². The van der Waals surface area contributed by atoms with Gasteiger partial charge in [0.25, 0.3) is 0 Å². The molecule has 0 saturated carbocycles. The number of hydrogen-bond donors (Lipinski definition) is 1. The van der Waals surface area contributed by atoms with Crippen molar-refractivity contribution in [3.8, 4) is 5.75 Å². The van der Waals surface area contributed by atoms with E-state index in [1.807, 2.05) is 39.0 Å².